The summed E-state index contributed by atoms with van der Waals surface area (Å²) in [6.45, 7) is 4.07. The second-order valence-corrected chi connectivity index (χ2v) is 16.4. The van der Waals surface area contributed by atoms with Crippen molar-refractivity contribution in [2.75, 3.05) is 12.5 Å². The van der Waals surface area contributed by atoms with E-state index in [0.29, 0.717) is 17.3 Å². The summed E-state index contributed by atoms with van der Waals surface area (Å²) in [5.41, 5.74) is 9.02. The summed E-state index contributed by atoms with van der Waals surface area (Å²) in [5, 5.41) is 2.63. The van der Waals surface area contributed by atoms with Gasteiger partial charge in [0.05, 0.1) is 33.1 Å². The maximum absolute atomic E-state index is 12.0. The zero-order valence-corrected chi connectivity index (χ0v) is 33.4. The van der Waals surface area contributed by atoms with E-state index in [4.69, 9.17) is 24.9 Å². The first-order chi connectivity index (χ1) is 28.1. The van der Waals surface area contributed by atoms with Crippen LogP contribution >= 0.6 is 11.8 Å². The number of benzene rings is 4. The SMILES string of the molecule is CSc1nccc(-n2c(-c3ccc4ccccc4n3)nc3ccc(C)cc32)n1.Cc1ccc2nc(-c3ccc4ccccc4n3)n(-c3ccnc(S(C)(=O)=O)n3)c2c1. The summed E-state index contributed by atoms with van der Waals surface area (Å²) in [5.74, 6) is 2.57. The molecule has 58 heavy (non-hydrogen) atoms. The lowest BCUT2D eigenvalue weighted by atomic mass is 10.2. The minimum Gasteiger partial charge on any atom is -0.275 e. The van der Waals surface area contributed by atoms with Crippen molar-refractivity contribution >= 4 is 65.5 Å². The molecule has 0 aliphatic rings. The molecule has 0 aliphatic heterocycles. The van der Waals surface area contributed by atoms with Gasteiger partial charge >= 0.3 is 0 Å². The highest BCUT2D eigenvalue weighted by atomic mass is 32.2. The van der Waals surface area contributed by atoms with Crippen LogP contribution in [0.2, 0.25) is 0 Å². The number of para-hydroxylation sites is 2. The molecule has 12 nitrogen and oxygen atoms in total. The molecular weight excluding hydrogens is 765 g/mol. The number of aromatic nitrogens is 10. The fourth-order valence-corrected chi connectivity index (χ4v) is 7.61. The molecule has 0 fully saturated rings. The summed E-state index contributed by atoms with van der Waals surface area (Å²) < 4.78 is 27.9. The Hall–Kier alpha value is -6.90. The molecule has 0 radical (unpaired) electrons. The number of hydrogen-bond acceptors (Lipinski definition) is 11. The van der Waals surface area contributed by atoms with Gasteiger partial charge in [0.15, 0.2) is 16.8 Å². The Balaban J connectivity index is 0.000000151. The van der Waals surface area contributed by atoms with Crippen LogP contribution in [-0.2, 0) is 9.84 Å². The van der Waals surface area contributed by atoms with Crippen LogP contribution < -0.4 is 0 Å². The van der Waals surface area contributed by atoms with Crippen LogP contribution in [-0.4, -0.2) is 69.9 Å². The summed E-state index contributed by atoms with van der Waals surface area (Å²) >= 11 is 1.52. The first-order valence-corrected chi connectivity index (χ1v) is 21.4. The third kappa shape index (κ3) is 7.03. The molecule has 0 saturated carbocycles. The lowest BCUT2D eigenvalue weighted by molar-refractivity contribution is 0.592. The van der Waals surface area contributed by atoms with Crippen molar-refractivity contribution in [3.8, 4) is 34.7 Å². The number of aryl methyl sites for hydroxylation is 2. The Morgan fingerprint density at radius 3 is 1.53 bits per heavy atom. The van der Waals surface area contributed by atoms with Gasteiger partial charge < -0.3 is 0 Å². The molecule has 14 heteroatoms. The lowest BCUT2D eigenvalue weighted by Crippen LogP contribution is -2.08. The zero-order chi connectivity index (χ0) is 40.0. The smallest absolute Gasteiger partial charge is 0.248 e. The normalized spacial score (nSPS) is 11.7. The van der Waals surface area contributed by atoms with Crippen molar-refractivity contribution in [2.45, 2.75) is 24.2 Å². The van der Waals surface area contributed by atoms with Crippen molar-refractivity contribution in [3.05, 3.63) is 145 Å². The summed E-state index contributed by atoms with van der Waals surface area (Å²) in [7, 11) is -3.56. The Morgan fingerprint density at radius 2 is 1.02 bits per heavy atom. The van der Waals surface area contributed by atoms with Gasteiger partial charge in [-0.15, -0.1) is 0 Å². The Morgan fingerprint density at radius 1 is 0.517 bits per heavy atom. The number of sulfone groups is 1. The Kier molecular flexibility index (Phi) is 9.42. The predicted octanol–water partition coefficient (Wildman–Crippen LogP) is 8.80. The molecule has 10 rings (SSSR count). The van der Waals surface area contributed by atoms with Gasteiger partial charge in [-0.25, -0.2) is 48.3 Å². The van der Waals surface area contributed by atoms with Crippen LogP contribution in [0, 0.1) is 13.8 Å². The molecule has 0 unspecified atom stereocenters. The van der Waals surface area contributed by atoms with Crippen molar-refractivity contribution in [1.29, 1.82) is 0 Å². The van der Waals surface area contributed by atoms with E-state index in [1.807, 2.05) is 109 Å². The van der Waals surface area contributed by atoms with E-state index in [0.717, 1.165) is 78.2 Å². The molecule has 0 amide bonds. The molecule has 0 saturated heterocycles. The van der Waals surface area contributed by atoms with E-state index in [2.05, 4.69) is 50.7 Å². The van der Waals surface area contributed by atoms with Gasteiger partial charge in [-0.2, -0.15) is 0 Å². The first kappa shape index (κ1) is 36.7. The predicted molar refractivity (Wildman–Crippen MR) is 229 cm³/mol. The third-order valence-corrected chi connectivity index (χ3v) is 10.9. The van der Waals surface area contributed by atoms with Gasteiger partial charge in [-0.05, 0) is 91.9 Å². The molecule has 0 atom stereocenters. The van der Waals surface area contributed by atoms with Crippen LogP contribution in [0.4, 0.5) is 0 Å². The summed E-state index contributed by atoms with van der Waals surface area (Å²) in [6, 6.07) is 39.7. The first-order valence-electron chi connectivity index (χ1n) is 18.2. The minimum atomic E-state index is -3.56. The van der Waals surface area contributed by atoms with Crippen molar-refractivity contribution in [2.24, 2.45) is 0 Å². The van der Waals surface area contributed by atoms with Gasteiger partial charge in [-0.1, -0.05) is 72.4 Å². The average molecular weight is 799 g/mol. The number of pyridine rings is 2. The molecule has 4 aromatic carbocycles. The average Bonchev–Trinajstić information content (AvgIpc) is 3.82. The van der Waals surface area contributed by atoms with E-state index < -0.39 is 9.84 Å². The Bertz CT molecular complexity index is 3310. The topological polar surface area (TPSA) is 147 Å². The van der Waals surface area contributed by atoms with E-state index in [-0.39, 0.29) is 5.16 Å². The third-order valence-electron chi connectivity index (χ3n) is 9.48. The van der Waals surface area contributed by atoms with Crippen LogP contribution in [0.15, 0.2) is 144 Å². The fraction of sp³-hybridized carbons (Fsp3) is 0.0909. The summed E-state index contributed by atoms with van der Waals surface area (Å²) in [4.78, 5) is 36.6. The minimum absolute atomic E-state index is 0.230. The molecule has 0 bridgehead atoms. The maximum Gasteiger partial charge on any atom is 0.248 e. The number of rotatable bonds is 6. The Labute approximate surface area is 337 Å². The van der Waals surface area contributed by atoms with Crippen LogP contribution in [0.1, 0.15) is 11.1 Å². The van der Waals surface area contributed by atoms with E-state index in [1.165, 1.54) is 23.5 Å². The fourth-order valence-electron chi connectivity index (χ4n) is 6.75. The standard InChI is InChI=1S/C22H17N5O2S.C22H17N5S/c1-14-7-9-17-19(13-14)27(20-11-12-23-22(26-20)30(2,28)29)21(25-17)18-10-8-15-5-3-4-6-16(15)24-18;1-14-7-9-17-19(13-14)27(20-11-12-23-22(26-20)28-2)21(25-17)18-10-8-15-5-3-4-6-16(15)24-18/h3-13H,1-2H3;3-13H,1-2H3. The highest BCUT2D eigenvalue weighted by molar-refractivity contribution is 7.98. The molecule has 6 aromatic heterocycles. The quantitative estimate of drug-likeness (QED) is 0.117. The summed E-state index contributed by atoms with van der Waals surface area (Å²) in [6.07, 6.45) is 6.29. The molecule has 284 valence electrons. The van der Waals surface area contributed by atoms with Crippen LogP contribution in [0.3, 0.4) is 0 Å². The highest BCUT2D eigenvalue weighted by Gasteiger charge is 2.20. The van der Waals surface area contributed by atoms with Crippen molar-refractivity contribution in [1.82, 2.24) is 49.0 Å². The number of thioether (sulfide) groups is 1. The largest absolute Gasteiger partial charge is 0.275 e. The molecule has 6 heterocycles. The number of hydrogen-bond donors (Lipinski definition) is 0. The monoisotopic (exact) mass is 798 g/mol. The second-order valence-electron chi connectivity index (χ2n) is 13.7. The lowest BCUT2D eigenvalue weighted by Gasteiger charge is -2.10. The maximum atomic E-state index is 12.0. The molecule has 10 aromatic rings. The van der Waals surface area contributed by atoms with E-state index in [1.54, 1.807) is 12.3 Å². The zero-order valence-electron chi connectivity index (χ0n) is 31.8. The van der Waals surface area contributed by atoms with Crippen LogP contribution in [0.5, 0.6) is 0 Å². The van der Waals surface area contributed by atoms with Gasteiger partial charge in [0.1, 0.15) is 23.0 Å². The number of fused-ring (bicyclic) bond motifs is 4. The molecule has 0 N–H and O–H groups in total. The van der Waals surface area contributed by atoms with Crippen molar-refractivity contribution in [3.63, 3.8) is 0 Å². The van der Waals surface area contributed by atoms with Crippen molar-refractivity contribution < 1.29 is 8.42 Å². The molecule has 0 spiro atoms. The number of imidazole rings is 2. The number of nitrogens with zero attached hydrogens (tertiary/aromatic N) is 10. The van der Waals surface area contributed by atoms with Gasteiger partial charge in [0.25, 0.3) is 0 Å². The van der Waals surface area contributed by atoms with E-state index >= 15 is 0 Å². The van der Waals surface area contributed by atoms with Gasteiger partial charge in [-0.3, -0.25) is 9.13 Å². The van der Waals surface area contributed by atoms with Gasteiger partial charge in [0, 0.05) is 29.4 Å². The van der Waals surface area contributed by atoms with Crippen LogP contribution in [0.25, 0.3) is 78.5 Å². The molecule has 0 aliphatic carbocycles. The van der Waals surface area contributed by atoms with E-state index in [9.17, 15) is 8.42 Å². The second kappa shape index (κ2) is 14.9. The highest BCUT2D eigenvalue weighted by Crippen LogP contribution is 2.31. The van der Waals surface area contributed by atoms with Gasteiger partial charge in [0.2, 0.25) is 15.0 Å². The molecular formula is C44H34N10O2S2.